The number of hydrogen-bond donors (Lipinski definition) is 5. The molecule has 2 atom stereocenters. The molecular formula is C21H34N6O4. The van der Waals surface area contributed by atoms with Gasteiger partial charge in [-0.1, -0.05) is 17.3 Å². The average Bonchev–Trinajstić information content (AvgIpc) is 3.15. The Labute approximate surface area is 182 Å². The molecule has 0 aliphatic rings. The van der Waals surface area contributed by atoms with Gasteiger partial charge in [-0.15, -0.1) is 5.10 Å². The molecule has 0 amide bonds. The number of rotatable bonds is 15. The predicted octanol–water partition coefficient (Wildman–Crippen LogP) is -0.233. The first-order chi connectivity index (χ1) is 14.8. The molecule has 2 rings (SSSR count). The minimum absolute atomic E-state index is 0.260. The molecule has 0 fully saturated rings. The Morgan fingerprint density at radius 2 is 1.77 bits per heavy atom. The van der Waals surface area contributed by atoms with E-state index in [4.69, 9.17) is 5.11 Å². The number of benzene rings is 1. The van der Waals surface area contributed by atoms with E-state index in [0.717, 1.165) is 37.4 Å². The molecule has 0 aliphatic heterocycles. The zero-order valence-electron chi connectivity index (χ0n) is 18.2. The van der Waals surface area contributed by atoms with Crippen molar-refractivity contribution in [2.24, 2.45) is 0 Å². The summed E-state index contributed by atoms with van der Waals surface area (Å²) in [6.07, 6.45) is 1.09. The van der Waals surface area contributed by atoms with Crippen molar-refractivity contribution >= 4 is 5.97 Å². The van der Waals surface area contributed by atoms with E-state index in [2.05, 4.69) is 25.8 Å². The van der Waals surface area contributed by atoms with Crippen molar-refractivity contribution in [3.63, 3.8) is 0 Å². The third-order valence-electron chi connectivity index (χ3n) is 4.61. The van der Waals surface area contributed by atoms with Crippen molar-refractivity contribution in [2.75, 3.05) is 39.3 Å². The maximum Gasteiger partial charge on any atom is 0.335 e. The standard InChI is InChI=1S/C21H34N6O4/c1-16(28)11-22-7-9-26(13-17(2)29)10-8-23-12-20-15-27(25-24-20)14-18-3-5-19(6-4-18)21(30)31/h3-6,15-17,22-23,28-29H,7-14H2,1-2H3,(H,30,31)/t16-,17?/m0/s1. The average molecular weight is 435 g/mol. The van der Waals surface area contributed by atoms with Gasteiger partial charge < -0.3 is 26.0 Å². The van der Waals surface area contributed by atoms with E-state index >= 15 is 0 Å². The molecule has 1 unspecified atom stereocenters. The van der Waals surface area contributed by atoms with Crippen molar-refractivity contribution in [1.82, 2.24) is 30.5 Å². The van der Waals surface area contributed by atoms with Gasteiger partial charge >= 0.3 is 5.97 Å². The fourth-order valence-electron chi connectivity index (χ4n) is 3.11. The molecule has 31 heavy (non-hydrogen) atoms. The minimum atomic E-state index is -0.941. The molecule has 2 aromatic rings. The number of aromatic carboxylic acids is 1. The van der Waals surface area contributed by atoms with Crippen molar-refractivity contribution in [1.29, 1.82) is 0 Å². The molecule has 1 aromatic heterocycles. The Morgan fingerprint density at radius 3 is 2.39 bits per heavy atom. The zero-order valence-corrected chi connectivity index (χ0v) is 18.2. The smallest absolute Gasteiger partial charge is 0.335 e. The summed E-state index contributed by atoms with van der Waals surface area (Å²) in [5.74, 6) is -0.941. The number of nitrogens with one attached hydrogen (secondary N) is 2. The van der Waals surface area contributed by atoms with Crippen LogP contribution in [0, 0.1) is 0 Å². The quantitative estimate of drug-likeness (QED) is 0.241. The first-order valence-electron chi connectivity index (χ1n) is 10.5. The van der Waals surface area contributed by atoms with Crippen LogP contribution >= 0.6 is 0 Å². The van der Waals surface area contributed by atoms with Gasteiger partial charge in [0, 0.05) is 45.8 Å². The van der Waals surface area contributed by atoms with Crippen LogP contribution in [0.3, 0.4) is 0 Å². The highest BCUT2D eigenvalue weighted by atomic mass is 16.4. The van der Waals surface area contributed by atoms with E-state index in [1.54, 1.807) is 42.8 Å². The zero-order chi connectivity index (χ0) is 22.6. The molecule has 10 nitrogen and oxygen atoms in total. The summed E-state index contributed by atoms with van der Waals surface area (Å²) in [5, 5.41) is 42.8. The van der Waals surface area contributed by atoms with Crippen LogP contribution in [-0.4, -0.2) is 92.7 Å². The molecule has 1 heterocycles. The summed E-state index contributed by atoms with van der Waals surface area (Å²) in [5.41, 5.74) is 2.03. The van der Waals surface area contributed by atoms with Gasteiger partial charge in [0.2, 0.25) is 0 Å². The lowest BCUT2D eigenvalue weighted by Crippen LogP contribution is -2.41. The summed E-state index contributed by atoms with van der Waals surface area (Å²) in [6.45, 7) is 8.84. The largest absolute Gasteiger partial charge is 0.478 e. The molecule has 0 aliphatic carbocycles. The van der Waals surface area contributed by atoms with Crippen molar-refractivity contribution in [3.8, 4) is 0 Å². The minimum Gasteiger partial charge on any atom is -0.478 e. The van der Waals surface area contributed by atoms with Gasteiger partial charge in [-0.2, -0.15) is 0 Å². The molecular weight excluding hydrogens is 400 g/mol. The summed E-state index contributed by atoms with van der Waals surface area (Å²) in [7, 11) is 0. The highest BCUT2D eigenvalue weighted by Gasteiger charge is 2.09. The van der Waals surface area contributed by atoms with Crippen LogP contribution in [0.25, 0.3) is 0 Å². The van der Waals surface area contributed by atoms with E-state index in [1.807, 2.05) is 6.20 Å². The molecule has 172 valence electrons. The highest BCUT2D eigenvalue weighted by Crippen LogP contribution is 2.06. The van der Waals surface area contributed by atoms with Crippen LogP contribution in [0.5, 0.6) is 0 Å². The Balaban J connectivity index is 1.72. The Morgan fingerprint density at radius 1 is 1.10 bits per heavy atom. The molecule has 0 bridgehead atoms. The maximum absolute atomic E-state index is 10.9. The first-order valence-corrected chi connectivity index (χ1v) is 10.5. The van der Waals surface area contributed by atoms with Crippen molar-refractivity contribution in [2.45, 2.75) is 39.1 Å². The molecule has 1 aromatic carbocycles. The predicted molar refractivity (Wildman–Crippen MR) is 117 cm³/mol. The topological polar surface area (TPSA) is 136 Å². The van der Waals surface area contributed by atoms with Gasteiger partial charge in [-0.25, -0.2) is 9.48 Å². The molecule has 10 heteroatoms. The lowest BCUT2D eigenvalue weighted by Gasteiger charge is -2.24. The second-order valence-corrected chi connectivity index (χ2v) is 7.79. The van der Waals surface area contributed by atoms with Crippen LogP contribution in [0.4, 0.5) is 0 Å². The second kappa shape index (κ2) is 13.1. The number of carboxylic acids is 1. The normalized spacial score (nSPS) is 13.5. The number of nitrogens with zero attached hydrogens (tertiary/aromatic N) is 4. The number of carbonyl (C=O) groups is 1. The Bertz CT molecular complexity index is 778. The number of aromatic nitrogens is 3. The Kier molecular flexibility index (Phi) is 10.5. The SMILES string of the molecule is CC(O)CN(CCNCc1cn(Cc2ccc(C(=O)O)cc2)nn1)CCNC[C@H](C)O. The van der Waals surface area contributed by atoms with Gasteiger partial charge in [-0.05, 0) is 31.5 Å². The maximum atomic E-state index is 10.9. The van der Waals surface area contributed by atoms with Crippen molar-refractivity contribution < 1.29 is 20.1 Å². The molecule has 0 spiro atoms. The lowest BCUT2D eigenvalue weighted by molar-refractivity contribution is 0.0697. The Hall–Kier alpha value is -2.37. The van der Waals surface area contributed by atoms with Gasteiger partial charge in [-0.3, -0.25) is 4.90 Å². The molecule has 0 saturated heterocycles. The van der Waals surface area contributed by atoms with Gasteiger partial charge in [0.05, 0.1) is 36.2 Å². The van der Waals surface area contributed by atoms with Gasteiger partial charge in [0.1, 0.15) is 0 Å². The van der Waals surface area contributed by atoms with Gasteiger partial charge in [0.25, 0.3) is 0 Å². The first kappa shape index (κ1) is 24.9. The number of hydrogen-bond acceptors (Lipinski definition) is 8. The second-order valence-electron chi connectivity index (χ2n) is 7.79. The molecule has 5 N–H and O–H groups in total. The third kappa shape index (κ3) is 9.99. The summed E-state index contributed by atoms with van der Waals surface area (Å²) in [4.78, 5) is 13.1. The molecule has 0 saturated carbocycles. The van der Waals surface area contributed by atoms with E-state index in [-0.39, 0.29) is 11.7 Å². The van der Waals surface area contributed by atoms with Crippen LogP contribution in [0.15, 0.2) is 30.5 Å². The fourth-order valence-corrected chi connectivity index (χ4v) is 3.11. The summed E-state index contributed by atoms with van der Waals surface area (Å²) < 4.78 is 1.72. The van der Waals surface area contributed by atoms with E-state index < -0.39 is 12.1 Å². The van der Waals surface area contributed by atoms with Crippen LogP contribution < -0.4 is 10.6 Å². The highest BCUT2D eigenvalue weighted by molar-refractivity contribution is 5.87. The van der Waals surface area contributed by atoms with E-state index in [0.29, 0.717) is 26.2 Å². The summed E-state index contributed by atoms with van der Waals surface area (Å²) >= 11 is 0. The number of aliphatic hydroxyl groups is 2. The van der Waals surface area contributed by atoms with Crippen LogP contribution in [-0.2, 0) is 13.1 Å². The van der Waals surface area contributed by atoms with E-state index in [9.17, 15) is 15.0 Å². The van der Waals surface area contributed by atoms with Crippen molar-refractivity contribution in [3.05, 3.63) is 47.3 Å². The number of carboxylic acid groups (broad SMARTS) is 1. The fraction of sp³-hybridized carbons (Fsp3) is 0.571. The van der Waals surface area contributed by atoms with Gasteiger partial charge in [0.15, 0.2) is 0 Å². The number of aliphatic hydroxyl groups excluding tert-OH is 2. The van der Waals surface area contributed by atoms with Crippen LogP contribution in [0.2, 0.25) is 0 Å². The third-order valence-corrected chi connectivity index (χ3v) is 4.61. The van der Waals surface area contributed by atoms with E-state index in [1.165, 1.54) is 0 Å². The van der Waals surface area contributed by atoms with Crippen LogP contribution in [0.1, 0.15) is 35.5 Å². The molecule has 0 radical (unpaired) electrons. The summed E-state index contributed by atoms with van der Waals surface area (Å²) in [6, 6.07) is 6.71. The lowest BCUT2D eigenvalue weighted by atomic mass is 10.1. The monoisotopic (exact) mass is 434 g/mol.